The number of benzene rings is 1. The molecule has 1 amide bonds. The predicted octanol–water partition coefficient (Wildman–Crippen LogP) is 2.40. The number of nitrogens with zero attached hydrogens (tertiary/aromatic N) is 5. The minimum atomic E-state index is -0.289. The van der Waals surface area contributed by atoms with Gasteiger partial charge in [-0.2, -0.15) is 10.2 Å². The quantitative estimate of drug-likeness (QED) is 0.646. The van der Waals surface area contributed by atoms with E-state index in [-0.39, 0.29) is 30.2 Å². The van der Waals surface area contributed by atoms with E-state index in [4.69, 9.17) is 4.74 Å². The Hall–Kier alpha value is -3.00. The summed E-state index contributed by atoms with van der Waals surface area (Å²) in [4.78, 5) is 28.3. The molecule has 0 spiro atoms. The fourth-order valence-corrected chi connectivity index (χ4v) is 4.45. The highest BCUT2D eigenvalue weighted by molar-refractivity contribution is 5.83. The smallest absolute Gasteiger partial charge is 0.293 e. The van der Waals surface area contributed by atoms with Crippen LogP contribution in [0.3, 0.4) is 0 Å². The van der Waals surface area contributed by atoms with Gasteiger partial charge >= 0.3 is 0 Å². The topological polar surface area (TPSA) is 82.2 Å². The second kappa shape index (κ2) is 7.60. The first kappa shape index (κ1) is 19.9. The molecular formula is C23H27N5O3. The van der Waals surface area contributed by atoms with E-state index in [2.05, 4.69) is 10.2 Å². The number of morpholine rings is 1. The molecule has 1 aromatic carbocycles. The van der Waals surface area contributed by atoms with E-state index in [1.807, 2.05) is 45.0 Å². The first-order chi connectivity index (χ1) is 14.9. The van der Waals surface area contributed by atoms with E-state index in [1.54, 1.807) is 15.8 Å². The molecule has 162 valence electrons. The lowest BCUT2D eigenvalue weighted by atomic mass is 10.1. The van der Waals surface area contributed by atoms with Crippen LogP contribution < -0.4 is 5.56 Å². The third kappa shape index (κ3) is 3.65. The average molecular weight is 422 g/mol. The van der Waals surface area contributed by atoms with Gasteiger partial charge in [0.25, 0.3) is 5.56 Å². The molecule has 2 atom stereocenters. The number of fused-ring (bicyclic) bond motifs is 1. The Bertz CT molecular complexity index is 1200. The van der Waals surface area contributed by atoms with Crippen molar-refractivity contribution in [1.29, 1.82) is 0 Å². The number of aromatic nitrogens is 4. The maximum absolute atomic E-state index is 13.5. The maximum Gasteiger partial charge on any atom is 0.293 e. The molecule has 1 aliphatic carbocycles. The fraction of sp³-hybridized carbons (Fsp3) is 0.478. The van der Waals surface area contributed by atoms with Crippen LogP contribution in [0, 0.1) is 6.92 Å². The van der Waals surface area contributed by atoms with Gasteiger partial charge in [0.2, 0.25) is 5.91 Å². The zero-order chi connectivity index (χ0) is 21.7. The van der Waals surface area contributed by atoms with Crippen LogP contribution in [0.1, 0.15) is 43.9 Å². The van der Waals surface area contributed by atoms with Crippen molar-refractivity contribution < 1.29 is 9.53 Å². The third-order valence-electron chi connectivity index (χ3n) is 6.08. The fourth-order valence-electron chi connectivity index (χ4n) is 4.45. The molecule has 2 aromatic heterocycles. The van der Waals surface area contributed by atoms with Gasteiger partial charge in [0.15, 0.2) is 0 Å². The molecular weight excluding hydrogens is 394 g/mol. The van der Waals surface area contributed by atoms with Gasteiger partial charge < -0.3 is 9.64 Å². The number of aryl methyl sites for hydroxylation is 1. The van der Waals surface area contributed by atoms with Crippen LogP contribution in [-0.2, 0) is 16.1 Å². The van der Waals surface area contributed by atoms with E-state index in [0.29, 0.717) is 24.5 Å². The largest absolute Gasteiger partial charge is 0.372 e. The first-order valence-electron chi connectivity index (χ1n) is 10.9. The monoisotopic (exact) mass is 421 g/mol. The third-order valence-corrected chi connectivity index (χ3v) is 6.08. The molecule has 5 rings (SSSR count). The Morgan fingerprint density at radius 2 is 1.87 bits per heavy atom. The summed E-state index contributed by atoms with van der Waals surface area (Å²) in [6, 6.07) is 7.84. The van der Waals surface area contributed by atoms with Crippen LogP contribution in [0.25, 0.3) is 16.6 Å². The molecule has 2 aliphatic rings. The van der Waals surface area contributed by atoms with Gasteiger partial charge in [-0.1, -0.05) is 18.2 Å². The van der Waals surface area contributed by atoms with Crippen LogP contribution in [0.5, 0.6) is 0 Å². The van der Waals surface area contributed by atoms with Crippen molar-refractivity contribution in [2.45, 2.75) is 58.3 Å². The molecule has 0 unspecified atom stereocenters. The van der Waals surface area contributed by atoms with Crippen molar-refractivity contribution >= 4 is 16.8 Å². The van der Waals surface area contributed by atoms with Crippen molar-refractivity contribution in [3.8, 4) is 5.69 Å². The van der Waals surface area contributed by atoms with Crippen molar-refractivity contribution in [1.82, 2.24) is 24.5 Å². The van der Waals surface area contributed by atoms with E-state index in [0.717, 1.165) is 35.2 Å². The number of carbonyl (C=O) groups excluding carboxylic acids is 1. The summed E-state index contributed by atoms with van der Waals surface area (Å²) < 4.78 is 8.76. The summed E-state index contributed by atoms with van der Waals surface area (Å²) in [5.74, 6) is 0.210. The average Bonchev–Trinajstić information content (AvgIpc) is 3.48. The molecule has 0 bridgehead atoms. The molecule has 3 aromatic rings. The molecule has 0 N–H and O–H groups in total. The summed E-state index contributed by atoms with van der Waals surface area (Å²) >= 11 is 0. The Kier molecular flexibility index (Phi) is 4.89. The predicted molar refractivity (Wildman–Crippen MR) is 116 cm³/mol. The number of para-hydroxylation sites is 1. The van der Waals surface area contributed by atoms with Crippen LogP contribution in [0.15, 0.2) is 35.3 Å². The molecule has 3 heterocycles. The number of amides is 1. The summed E-state index contributed by atoms with van der Waals surface area (Å²) in [6.45, 7) is 6.88. The van der Waals surface area contributed by atoms with E-state index >= 15 is 0 Å². The molecule has 31 heavy (non-hydrogen) atoms. The normalized spacial score (nSPS) is 21.6. The van der Waals surface area contributed by atoms with E-state index in [1.165, 1.54) is 4.68 Å². The lowest BCUT2D eigenvalue weighted by molar-refractivity contribution is -0.144. The minimum Gasteiger partial charge on any atom is -0.372 e. The Morgan fingerprint density at radius 3 is 2.55 bits per heavy atom. The summed E-state index contributed by atoms with van der Waals surface area (Å²) in [5, 5.41) is 9.96. The molecule has 1 saturated carbocycles. The van der Waals surface area contributed by atoms with Crippen LogP contribution in [0.4, 0.5) is 0 Å². The highest BCUT2D eigenvalue weighted by Crippen LogP contribution is 2.41. The number of carbonyl (C=O) groups is 1. The van der Waals surface area contributed by atoms with Gasteiger partial charge in [0.1, 0.15) is 12.1 Å². The van der Waals surface area contributed by atoms with Gasteiger partial charge in [-0.3, -0.25) is 9.59 Å². The zero-order valence-electron chi connectivity index (χ0n) is 18.1. The number of hydrogen-bond donors (Lipinski definition) is 0. The van der Waals surface area contributed by atoms with Gasteiger partial charge in [0.05, 0.1) is 29.8 Å². The zero-order valence-corrected chi connectivity index (χ0v) is 18.1. The standard InChI is InChI=1S/C23H27N5O3/c1-14-6-4-5-7-19(14)28-22-18(10-24-28)21(17-8-9-17)25-27(23(22)30)13-20(29)26-11-15(2)31-16(3)12-26/h4-7,10,15-17H,8-9,11-13H2,1-3H3/t15-,16-/m1/s1. The van der Waals surface area contributed by atoms with Crippen molar-refractivity contribution in [3.05, 3.63) is 52.1 Å². The Morgan fingerprint density at radius 1 is 1.16 bits per heavy atom. The van der Waals surface area contributed by atoms with Crippen molar-refractivity contribution in [2.24, 2.45) is 0 Å². The molecule has 1 saturated heterocycles. The number of hydrogen-bond acceptors (Lipinski definition) is 5. The van der Waals surface area contributed by atoms with Gasteiger partial charge in [-0.05, 0) is 45.2 Å². The van der Waals surface area contributed by atoms with Crippen molar-refractivity contribution in [2.75, 3.05) is 13.1 Å². The molecule has 1 aliphatic heterocycles. The summed E-state index contributed by atoms with van der Waals surface area (Å²) in [7, 11) is 0. The highest BCUT2D eigenvalue weighted by atomic mass is 16.5. The second-order valence-corrected chi connectivity index (χ2v) is 8.78. The first-order valence-corrected chi connectivity index (χ1v) is 10.9. The minimum absolute atomic E-state index is 0.0237. The van der Waals surface area contributed by atoms with Gasteiger partial charge in [-0.25, -0.2) is 9.36 Å². The highest BCUT2D eigenvalue weighted by Gasteiger charge is 2.31. The Labute approximate surface area is 180 Å². The molecule has 8 heteroatoms. The van der Waals surface area contributed by atoms with Crippen LogP contribution >= 0.6 is 0 Å². The lowest BCUT2D eigenvalue weighted by Crippen LogP contribution is -2.49. The molecule has 8 nitrogen and oxygen atoms in total. The van der Waals surface area contributed by atoms with Crippen LogP contribution in [-0.4, -0.2) is 55.7 Å². The molecule has 0 radical (unpaired) electrons. The Balaban J connectivity index is 1.58. The van der Waals surface area contributed by atoms with E-state index < -0.39 is 0 Å². The maximum atomic E-state index is 13.5. The summed E-state index contributed by atoms with van der Waals surface area (Å²) in [6.07, 6.45) is 3.78. The second-order valence-electron chi connectivity index (χ2n) is 8.78. The number of ether oxygens (including phenoxy) is 1. The number of rotatable bonds is 4. The SMILES string of the molecule is Cc1ccccc1-n1ncc2c(C3CC3)nn(CC(=O)N3C[C@@H](C)O[C@H](C)C3)c(=O)c21. The van der Waals surface area contributed by atoms with Crippen molar-refractivity contribution in [3.63, 3.8) is 0 Å². The van der Waals surface area contributed by atoms with E-state index in [9.17, 15) is 9.59 Å². The lowest BCUT2D eigenvalue weighted by Gasteiger charge is -2.35. The summed E-state index contributed by atoms with van der Waals surface area (Å²) in [5.41, 5.74) is 2.95. The molecule has 2 fully saturated rings. The van der Waals surface area contributed by atoms with Crippen LogP contribution in [0.2, 0.25) is 0 Å². The van der Waals surface area contributed by atoms with Gasteiger partial charge in [0, 0.05) is 24.4 Å². The van der Waals surface area contributed by atoms with Gasteiger partial charge in [-0.15, -0.1) is 0 Å².